The Balaban J connectivity index is 1.30. The highest BCUT2D eigenvalue weighted by molar-refractivity contribution is 5.79. The van der Waals surface area contributed by atoms with Crippen molar-refractivity contribution >= 4 is 16.9 Å². The number of fused-ring (bicyclic) bond motifs is 1. The monoisotopic (exact) mass is 449 g/mol. The van der Waals surface area contributed by atoms with Crippen LogP contribution >= 0.6 is 0 Å². The van der Waals surface area contributed by atoms with Crippen molar-refractivity contribution in [1.29, 1.82) is 0 Å². The van der Waals surface area contributed by atoms with Crippen molar-refractivity contribution in [1.82, 2.24) is 14.8 Å². The van der Waals surface area contributed by atoms with E-state index in [0.29, 0.717) is 38.7 Å². The molecule has 1 amide bonds. The van der Waals surface area contributed by atoms with Gasteiger partial charge in [0.2, 0.25) is 5.91 Å². The summed E-state index contributed by atoms with van der Waals surface area (Å²) in [6.45, 7) is 4.97. The summed E-state index contributed by atoms with van der Waals surface area (Å²) < 4.78 is 17.8. The molecule has 2 aliphatic rings. The topological polar surface area (TPSA) is 68.0 Å². The summed E-state index contributed by atoms with van der Waals surface area (Å²) in [5.74, 6) is 1.51. The second-order valence-corrected chi connectivity index (χ2v) is 9.03. The third kappa shape index (κ3) is 5.79. The molecule has 4 heterocycles. The number of para-hydroxylation sites is 1. The molecule has 0 saturated carbocycles. The van der Waals surface area contributed by atoms with Gasteiger partial charge in [-0.2, -0.15) is 0 Å². The molecule has 3 aromatic rings. The molecule has 7 heteroatoms. The van der Waals surface area contributed by atoms with Gasteiger partial charge in [0.25, 0.3) is 0 Å². The van der Waals surface area contributed by atoms with Crippen molar-refractivity contribution in [3.8, 4) is 0 Å². The molecule has 2 saturated heterocycles. The highest BCUT2D eigenvalue weighted by Crippen LogP contribution is 2.22. The summed E-state index contributed by atoms with van der Waals surface area (Å²) >= 11 is 0. The molecule has 5 rings (SSSR count). The number of benzene rings is 1. The van der Waals surface area contributed by atoms with Crippen molar-refractivity contribution < 1.29 is 18.7 Å². The number of amides is 1. The van der Waals surface area contributed by atoms with Crippen LogP contribution in [0.3, 0.4) is 0 Å². The Bertz CT molecular complexity index is 1010. The second-order valence-electron chi connectivity index (χ2n) is 9.03. The molecular formula is C26H31N3O4. The van der Waals surface area contributed by atoms with Crippen molar-refractivity contribution in [2.45, 2.75) is 32.1 Å². The minimum Gasteiger partial charge on any atom is -0.460 e. The first kappa shape index (κ1) is 22.1. The lowest BCUT2D eigenvalue weighted by molar-refractivity contribution is -0.133. The lowest BCUT2D eigenvalue weighted by atomic mass is 9.99. The number of carbonyl (C=O) groups is 1. The van der Waals surface area contributed by atoms with Gasteiger partial charge in [-0.1, -0.05) is 24.3 Å². The van der Waals surface area contributed by atoms with E-state index >= 15 is 0 Å². The van der Waals surface area contributed by atoms with Gasteiger partial charge in [0, 0.05) is 44.4 Å². The van der Waals surface area contributed by atoms with E-state index in [1.807, 2.05) is 47.4 Å². The first-order valence-corrected chi connectivity index (χ1v) is 11.8. The maximum atomic E-state index is 13.2. The van der Waals surface area contributed by atoms with Gasteiger partial charge in [-0.15, -0.1) is 0 Å². The fraction of sp³-hybridized carbons (Fsp3) is 0.462. The standard InChI is InChI=1S/C26H31N3O4/c30-26-18-28(15-23-13-21-5-1-2-7-25(21)33-23)16-24(32-19-22-6-3-4-10-27-22)17-29(26)14-20-8-11-31-12-9-20/h1-7,10,13,20,24H,8-9,11-12,14-19H2. The fourth-order valence-corrected chi connectivity index (χ4v) is 4.71. The minimum atomic E-state index is -0.0947. The highest BCUT2D eigenvalue weighted by atomic mass is 16.5. The third-order valence-corrected chi connectivity index (χ3v) is 6.47. The largest absolute Gasteiger partial charge is 0.460 e. The Labute approximate surface area is 194 Å². The fourth-order valence-electron chi connectivity index (χ4n) is 4.71. The number of aromatic nitrogens is 1. The molecule has 2 aromatic heterocycles. The molecule has 1 aromatic carbocycles. The van der Waals surface area contributed by atoms with Crippen LogP contribution in [0.4, 0.5) is 0 Å². The Morgan fingerprint density at radius 3 is 2.73 bits per heavy atom. The van der Waals surface area contributed by atoms with Gasteiger partial charge in [0.1, 0.15) is 11.3 Å². The molecule has 1 unspecified atom stereocenters. The van der Waals surface area contributed by atoms with Gasteiger partial charge < -0.3 is 18.8 Å². The summed E-state index contributed by atoms with van der Waals surface area (Å²) in [6, 6.07) is 15.9. The summed E-state index contributed by atoms with van der Waals surface area (Å²) in [6.07, 6.45) is 3.70. The van der Waals surface area contributed by atoms with Crippen LogP contribution in [0.15, 0.2) is 59.1 Å². The average Bonchev–Trinajstić information content (AvgIpc) is 3.19. The highest BCUT2D eigenvalue weighted by Gasteiger charge is 2.31. The van der Waals surface area contributed by atoms with Crippen molar-refractivity contribution in [3.63, 3.8) is 0 Å². The molecule has 0 N–H and O–H groups in total. The average molecular weight is 450 g/mol. The zero-order chi connectivity index (χ0) is 22.5. The number of carbonyl (C=O) groups excluding carboxylic acids is 1. The van der Waals surface area contributed by atoms with E-state index < -0.39 is 0 Å². The van der Waals surface area contributed by atoms with Crippen molar-refractivity contribution in [3.05, 3.63) is 66.2 Å². The number of hydrogen-bond donors (Lipinski definition) is 0. The van der Waals surface area contributed by atoms with E-state index in [1.54, 1.807) is 6.20 Å². The van der Waals surface area contributed by atoms with E-state index in [9.17, 15) is 4.79 Å². The van der Waals surface area contributed by atoms with Crippen LogP contribution in [-0.4, -0.2) is 66.2 Å². The van der Waals surface area contributed by atoms with Crippen LogP contribution < -0.4 is 0 Å². The Hall–Kier alpha value is -2.74. The SMILES string of the molecule is O=C1CN(Cc2cc3ccccc3o2)CC(OCc2ccccn2)CN1CC1CCOCC1. The number of pyridine rings is 1. The Morgan fingerprint density at radius 1 is 1.06 bits per heavy atom. The lowest BCUT2D eigenvalue weighted by Gasteiger charge is -2.30. The molecule has 1 atom stereocenters. The molecule has 0 bridgehead atoms. The molecule has 7 nitrogen and oxygen atoms in total. The van der Waals surface area contributed by atoms with Crippen LogP contribution in [0.2, 0.25) is 0 Å². The molecule has 2 fully saturated rings. The maximum Gasteiger partial charge on any atom is 0.236 e. The minimum absolute atomic E-state index is 0.0947. The Morgan fingerprint density at radius 2 is 1.91 bits per heavy atom. The zero-order valence-corrected chi connectivity index (χ0v) is 18.9. The van der Waals surface area contributed by atoms with Crippen LogP contribution in [-0.2, 0) is 27.4 Å². The number of hydrogen-bond acceptors (Lipinski definition) is 6. The van der Waals surface area contributed by atoms with Gasteiger partial charge in [-0.25, -0.2) is 0 Å². The van der Waals surface area contributed by atoms with Crippen LogP contribution in [0.25, 0.3) is 11.0 Å². The van der Waals surface area contributed by atoms with Crippen molar-refractivity contribution in [2.24, 2.45) is 5.92 Å². The number of nitrogens with zero attached hydrogens (tertiary/aromatic N) is 3. The van der Waals surface area contributed by atoms with Gasteiger partial charge in [0.05, 0.1) is 31.5 Å². The zero-order valence-electron chi connectivity index (χ0n) is 18.9. The maximum absolute atomic E-state index is 13.2. The summed E-state index contributed by atoms with van der Waals surface area (Å²) in [7, 11) is 0. The predicted octanol–water partition coefficient (Wildman–Crippen LogP) is 3.48. The van der Waals surface area contributed by atoms with E-state index in [-0.39, 0.29) is 12.0 Å². The molecule has 0 radical (unpaired) electrons. The van der Waals surface area contributed by atoms with Gasteiger partial charge >= 0.3 is 0 Å². The molecule has 0 spiro atoms. The first-order valence-electron chi connectivity index (χ1n) is 11.8. The van der Waals surface area contributed by atoms with Gasteiger partial charge in [-0.05, 0) is 43.0 Å². The van der Waals surface area contributed by atoms with Crippen LogP contribution in [0.1, 0.15) is 24.3 Å². The number of ether oxygens (including phenoxy) is 2. The van der Waals surface area contributed by atoms with E-state index in [2.05, 4.69) is 16.0 Å². The molecule has 33 heavy (non-hydrogen) atoms. The molecule has 0 aliphatic carbocycles. The van der Waals surface area contributed by atoms with Gasteiger partial charge in [0.15, 0.2) is 0 Å². The first-order chi connectivity index (χ1) is 16.2. The Kier molecular flexibility index (Phi) is 7.00. The van der Waals surface area contributed by atoms with Crippen LogP contribution in [0.5, 0.6) is 0 Å². The summed E-state index contributed by atoms with van der Waals surface area (Å²) in [4.78, 5) is 21.8. The second kappa shape index (κ2) is 10.5. The van der Waals surface area contributed by atoms with E-state index in [4.69, 9.17) is 13.9 Å². The smallest absolute Gasteiger partial charge is 0.236 e. The number of rotatable bonds is 7. The van der Waals surface area contributed by atoms with Gasteiger partial charge in [-0.3, -0.25) is 14.7 Å². The normalized spacial score (nSPS) is 20.9. The predicted molar refractivity (Wildman–Crippen MR) is 124 cm³/mol. The molecule has 2 aliphatic heterocycles. The summed E-state index contributed by atoms with van der Waals surface area (Å²) in [5, 5.41) is 1.08. The summed E-state index contributed by atoms with van der Waals surface area (Å²) in [5.41, 5.74) is 1.77. The lowest BCUT2D eigenvalue weighted by Crippen LogP contribution is -2.42. The third-order valence-electron chi connectivity index (χ3n) is 6.47. The van der Waals surface area contributed by atoms with E-state index in [0.717, 1.165) is 55.0 Å². The molecule has 174 valence electrons. The van der Waals surface area contributed by atoms with Crippen molar-refractivity contribution in [2.75, 3.05) is 39.4 Å². The quantitative estimate of drug-likeness (QED) is 0.550. The van der Waals surface area contributed by atoms with E-state index in [1.165, 1.54) is 0 Å². The number of furan rings is 1. The molecular weight excluding hydrogens is 418 g/mol. The van der Waals surface area contributed by atoms with Crippen LogP contribution in [0, 0.1) is 5.92 Å².